The number of rotatable bonds is 1. The summed E-state index contributed by atoms with van der Waals surface area (Å²) in [6, 6.07) is 6.07. The fraction of sp³-hybridized carbons (Fsp3) is 0.0714. The van der Waals surface area contributed by atoms with Crippen LogP contribution in [0.15, 0.2) is 33.5 Å². The molecule has 3 nitrogen and oxygen atoms in total. The van der Waals surface area contributed by atoms with E-state index in [1.54, 1.807) is 18.2 Å². The average molecular weight is 357 g/mol. The van der Waals surface area contributed by atoms with Gasteiger partial charge in [0.05, 0.1) is 27.5 Å². The van der Waals surface area contributed by atoms with Crippen LogP contribution in [0.1, 0.15) is 0 Å². The lowest BCUT2D eigenvalue weighted by molar-refractivity contribution is 0.413. The maximum atomic E-state index is 13.9. The van der Waals surface area contributed by atoms with E-state index in [4.69, 9.17) is 16.3 Å². The number of methoxy groups -OCH3 is 1. The minimum atomic E-state index is -0.573. The molecule has 0 bridgehead atoms. The van der Waals surface area contributed by atoms with Crippen LogP contribution in [0.4, 0.5) is 4.39 Å². The van der Waals surface area contributed by atoms with E-state index < -0.39 is 11.4 Å². The van der Waals surface area contributed by atoms with Gasteiger partial charge >= 0.3 is 0 Å². The third kappa shape index (κ3) is 1.81. The molecule has 0 amide bonds. The highest BCUT2D eigenvalue weighted by molar-refractivity contribution is 9.10. The Morgan fingerprint density at radius 2 is 2.10 bits per heavy atom. The quantitative estimate of drug-likeness (QED) is 0.663. The Bertz CT molecular complexity index is 907. The van der Waals surface area contributed by atoms with Crippen molar-refractivity contribution in [2.75, 3.05) is 7.11 Å². The van der Waals surface area contributed by atoms with Crippen molar-refractivity contribution >= 4 is 49.2 Å². The predicted octanol–water partition coefficient (Wildman–Crippen LogP) is 4.24. The highest BCUT2D eigenvalue weighted by atomic mass is 79.9. The van der Waals surface area contributed by atoms with Gasteiger partial charge < -0.3 is 9.72 Å². The van der Waals surface area contributed by atoms with Gasteiger partial charge in [0.1, 0.15) is 11.6 Å². The molecule has 1 aromatic heterocycles. The number of hydrogen-bond acceptors (Lipinski definition) is 2. The van der Waals surface area contributed by atoms with Crippen LogP contribution < -0.4 is 10.3 Å². The summed E-state index contributed by atoms with van der Waals surface area (Å²) >= 11 is 9.58. The number of nitrogens with one attached hydrogen (secondary N) is 1. The van der Waals surface area contributed by atoms with E-state index in [9.17, 15) is 9.18 Å². The number of aromatic amines is 1. The molecule has 0 atom stereocenters. The first-order chi connectivity index (χ1) is 9.54. The first-order valence-corrected chi connectivity index (χ1v) is 6.88. The summed E-state index contributed by atoms with van der Waals surface area (Å²) in [5.74, 6) is -0.0587. The molecule has 3 rings (SSSR count). The number of halogens is 3. The van der Waals surface area contributed by atoms with E-state index in [0.29, 0.717) is 31.5 Å². The minimum Gasteiger partial charge on any atom is -0.495 e. The van der Waals surface area contributed by atoms with Gasteiger partial charge in [0.25, 0.3) is 5.56 Å². The lowest BCUT2D eigenvalue weighted by Crippen LogP contribution is -2.09. The summed E-state index contributed by atoms with van der Waals surface area (Å²) in [7, 11) is 1.51. The summed E-state index contributed by atoms with van der Waals surface area (Å²) in [5, 5.41) is 1.44. The molecule has 0 radical (unpaired) electrons. The third-order valence-electron chi connectivity index (χ3n) is 3.15. The van der Waals surface area contributed by atoms with Crippen molar-refractivity contribution in [3.63, 3.8) is 0 Å². The number of hydrogen-bond donors (Lipinski definition) is 1. The van der Waals surface area contributed by atoms with Crippen LogP contribution in [0.3, 0.4) is 0 Å². The van der Waals surface area contributed by atoms with Crippen molar-refractivity contribution in [2.24, 2.45) is 0 Å². The van der Waals surface area contributed by atoms with Gasteiger partial charge in [-0.1, -0.05) is 23.7 Å². The van der Waals surface area contributed by atoms with Crippen molar-refractivity contribution < 1.29 is 9.13 Å². The Morgan fingerprint density at radius 1 is 1.35 bits per heavy atom. The third-order valence-corrected chi connectivity index (χ3v) is 4.24. The SMILES string of the molecule is COc1cc(Cl)c2[nH]c(=O)c3c(F)cccc3c2c1Br. The first-order valence-electron chi connectivity index (χ1n) is 5.70. The van der Waals surface area contributed by atoms with Gasteiger partial charge in [-0.2, -0.15) is 0 Å². The Hall–Kier alpha value is -1.59. The summed E-state index contributed by atoms with van der Waals surface area (Å²) in [5.41, 5.74) is -0.0630. The molecule has 20 heavy (non-hydrogen) atoms. The summed E-state index contributed by atoms with van der Waals surface area (Å²) in [4.78, 5) is 14.7. The van der Waals surface area contributed by atoms with Gasteiger partial charge in [0.15, 0.2) is 0 Å². The van der Waals surface area contributed by atoms with Crippen LogP contribution in [0.2, 0.25) is 5.02 Å². The zero-order valence-corrected chi connectivity index (χ0v) is 12.6. The molecule has 0 fully saturated rings. The highest BCUT2D eigenvalue weighted by Gasteiger charge is 2.16. The number of aromatic nitrogens is 1. The van der Waals surface area contributed by atoms with E-state index >= 15 is 0 Å². The number of ether oxygens (including phenoxy) is 1. The molecule has 0 aliphatic heterocycles. The number of fused-ring (bicyclic) bond motifs is 3. The molecule has 2 aromatic carbocycles. The maximum absolute atomic E-state index is 13.9. The average Bonchev–Trinajstić information content (AvgIpc) is 2.42. The van der Waals surface area contributed by atoms with E-state index in [1.165, 1.54) is 13.2 Å². The monoisotopic (exact) mass is 355 g/mol. The van der Waals surface area contributed by atoms with Gasteiger partial charge in [-0.25, -0.2) is 4.39 Å². The predicted molar refractivity (Wildman–Crippen MR) is 81.3 cm³/mol. The summed E-state index contributed by atoms with van der Waals surface area (Å²) in [6.07, 6.45) is 0. The number of benzene rings is 2. The molecule has 0 aliphatic rings. The van der Waals surface area contributed by atoms with Crippen LogP contribution in [0.5, 0.6) is 5.75 Å². The summed E-state index contributed by atoms with van der Waals surface area (Å²) in [6.45, 7) is 0. The van der Waals surface area contributed by atoms with Crippen LogP contribution >= 0.6 is 27.5 Å². The standard InChI is InChI=1S/C14H8BrClFNO2/c1-20-9-5-7(16)13-11(12(9)15)6-3-2-4-8(17)10(6)14(19)18-13/h2-5H,1H3,(H,18,19). The molecule has 0 aliphatic carbocycles. The van der Waals surface area contributed by atoms with Crippen LogP contribution in [-0.4, -0.2) is 12.1 Å². The topological polar surface area (TPSA) is 42.1 Å². The first kappa shape index (κ1) is 13.4. The normalized spacial score (nSPS) is 11.2. The second-order valence-electron chi connectivity index (χ2n) is 4.24. The number of H-pyrrole nitrogens is 1. The lowest BCUT2D eigenvalue weighted by atomic mass is 10.1. The largest absolute Gasteiger partial charge is 0.495 e. The lowest BCUT2D eigenvalue weighted by Gasteiger charge is -2.11. The molecule has 0 spiro atoms. The molecule has 0 unspecified atom stereocenters. The fourth-order valence-corrected chi connectivity index (χ4v) is 3.19. The van der Waals surface area contributed by atoms with Gasteiger partial charge in [-0.15, -0.1) is 0 Å². The zero-order chi connectivity index (χ0) is 14.4. The maximum Gasteiger partial charge on any atom is 0.259 e. The second kappa shape index (κ2) is 4.75. The molecular formula is C14H8BrClFNO2. The smallest absolute Gasteiger partial charge is 0.259 e. The highest BCUT2D eigenvalue weighted by Crippen LogP contribution is 2.39. The van der Waals surface area contributed by atoms with E-state index in [0.717, 1.165) is 0 Å². The molecule has 0 saturated carbocycles. The van der Waals surface area contributed by atoms with Crippen LogP contribution in [-0.2, 0) is 0 Å². The minimum absolute atomic E-state index is 0.00465. The Morgan fingerprint density at radius 3 is 2.80 bits per heavy atom. The van der Waals surface area contributed by atoms with Gasteiger partial charge in [-0.3, -0.25) is 4.79 Å². The molecule has 102 valence electrons. The van der Waals surface area contributed by atoms with Crippen molar-refractivity contribution in [1.82, 2.24) is 4.98 Å². The van der Waals surface area contributed by atoms with Gasteiger partial charge in [0, 0.05) is 16.8 Å². The molecular weight excluding hydrogens is 349 g/mol. The molecule has 0 saturated heterocycles. The van der Waals surface area contributed by atoms with E-state index in [-0.39, 0.29) is 5.39 Å². The Balaban J connectivity index is 2.69. The Labute approximate surface area is 126 Å². The Kier molecular flexibility index (Phi) is 3.18. The van der Waals surface area contributed by atoms with Crippen LogP contribution in [0.25, 0.3) is 21.7 Å². The molecule has 6 heteroatoms. The van der Waals surface area contributed by atoms with E-state index in [1.807, 2.05) is 0 Å². The van der Waals surface area contributed by atoms with Crippen molar-refractivity contribution in [2.45, 2.75) is 0 Å². The number of pyridine rings is 1. The zero-order valence-electron chi connectivity index (χ0n) is 10.3. The van der Waals surface area contributed by atoms with Crippen molar-refractivity contribution in [1.29, 1.82) is 0 Å². The van der Waals surface area contributed by atoms with Gasteiger partial charge in [0.2, 0.25) is 0 Å². The summed E-state index contributed by atoms with van der Waals surface area (Å²) < 4.78 is 19.7. The van der Waals surface area contributed by atoms with Crippen molar-refractivity contribution in [3.05, 3.63) is 49.9 Å². The van der Waals surface area contributed by atoms with Gasteiger partial charge in [-0.05, 0) is 22.0 Å². The fourth-order valence-electron chi connectivity index (χ4n) is 2.27. The second-order valence-corrected chi connectivity index (χ2v) is 5.44. The molecule has 1 heterocycles. The molecule has 3 aromatic rings. The van der Waals surface area contributed by atoms with E-state index in [2.05, 4.69) is 20.9 Å². The molecule has 1 N–H and O–H groups in total. The van der Waals surface area contributed by atoms with Crippen molar-refractivity contribution in [3.8, 4) is 5.75 Å². The van der Waals surface area contributed by atoms with Crippen LogP contribution in [0, 0.1) is 5.82 Å².